The Labute approximate surface area is 286 Å². The number of nitrogens with zero attached hydrogens (tertiary/aromatic N) is 3. The number of hydrogen-bond donors (Lipinski definition) is 4. The van der Waals surface area contributed by atoms with Gasteiger partial charge < -0.3 is 30.7 Å². The van der Waals surface area contributed by atoms with E-state index in [0.717, 1.165) is 16.8 Å². The highest BCUT2D eigenvalue weighted by Crippen LogP contribution is 2.35. The van der Waals surface area contributed by atoms with Crippen molar-refractivity contribution >= 4 is 58.6 Å². The zero-order chi connectivity index (χ0) is 34.2. The third kappa shape index (κ3) is 8.78. The van der Waals surface area contributed by atoms with E-state index in [0.29, 0.717) is 43.3 Å². The number of rotatable bonds is 14. The topological polar surface area (TPSA) is 171 Å². The van der Waals surface area contributed by atoms with Gasteiger partial charge in [0, 0.05) is 42.9 Å². The summed E-state index contributed by atoms with van der Waals surface area (Å²) >= 11 is 12.8. The lowest BCUT2D eigenvalue weighted by Crippen LogP contribution is -2.59. The lowest BCUT2D eigenvalue weighted by molar-refractivity contribution is -0.137. The molecule has 4 aromatic rings. The summed E-state index contributed by atoms with van der Waals surface area (Å²) < 4.78 is 6.27. The predicted molar refractivity (Wildman–Crippen MR) is 183 cm³/mol. The van der Waals surface area contributed by atoms with Crippen molar-refractivity contribution in [3.8, 4) is 22.6 Å². The number of carboxylic acids is 1. The van der Waals surface area contributed by atoms with E-state index >= 15 is 0 Å². The lowest BCUT2D eigenvalue weighted by atomic mass is 10.1. The van der Waals surface area contributed by atoms with E-state index in [1.807, 2.05) is 65.6 Å². The van der Waals surface area contributed by atoms with Gasteiger partial charge in [0.15, 0.2) is 5.76 Å². The van der Waals surface area contributed by atoms with Crippen LogP contribution in [0.25, 0.3) is 22.6 Å². The molecule has 1 aromatic heterocycles. The van der Waals surface area contributed by atoms with Crippen molar-refractivity contribution in [3.05, 3.63) is 88.7 Å². The molecule has 3 aromatic carbocycles. The highest BCUT2D eigenvalue weighted by atomic mass is 35.5. The van der Waals surface area contributed by atoms with Gasteiger partial charge in [-0.2, -0.15) is 0 Å². The Morgan fingerprint density at radius 1 is 1.02 bits per heavy atom. The highest BCUT2D eigenvalue weighted by molar-refractivity contribution is 6.40. The summed E-state index contributed by atoms with van der Waals surface area (Å²) in [5.41, 5.74) is 8.87. The summed E-state index contributed by atoms with van der Waals surface area (Å²) in [7, 11) is 0. The monoisotopic (exact) mass is 692 g/mol. The minimum atomic E-state index is -1.03. The fourth-order valence-electron chi connectivity index (χ4n) is 5.49. The van der Waals surface area contributed by atoms with Crippen LogP contribution >= 0.6 is 23.2 Å². The Morgan fingerprint density at radius 3 is 2.27 bits per heavy atom. The average Bonchev–Trinajstić information content (AvgIpc) is 3.49. The normalized spacial score (nSPS) is 15.8. The molecule has 2 amide bonds. The van der Waals surface area contributed by atoms with Gasteiger partial charge in [-0.1, -0.05) is 83.9 Å². The Kier molecular flexibility index (Phi) is 11.5. The Balaban J connectivity index is 1.23. The maximum absolute atomic E-state index is 13.1. The molecule has 0 radical (unpaired) electrons. The molecule has 1 unspecified atom stereocenters. The number of carbonyl (C=O) groups is 4. The van der Waals surface area contributed by atoms with Gasteiger partial charge in [0.05, 0.1) is 34.9 Å². The SMILES string of the molecule is NC(=O)[C@@H]1CN(Cc2nc(-c3ccccc3)c(-c3ccccc3)o2)CCN1CC(=O)Nc1c(Cl)cc(NC(C=O)CCC(=O)O)cc1Cl. The van der Waals surface area contributed by atoms with Crippen molar-refractivity contribution in [2.75, 3.05) is 36.8 Å². The number of primary amides is 1. The molecule has 2 heterocycles. The number of anilines is 2. The number of nitrogens with one attached hydrogen (secondary N) is 2. The second-order valence-corrected chi connectivity index (χ2v) is 12.1. The number of aliphatic carboxylic acids is 1. The van der Waals surface area contributed by atoms with Gasteiger partial charge in [-0.25, -0.2) is 4.98 Å². The molecule has 1 aliphatic heterocycles. The number of carboxylic acid groups (broad SMARTS) is 1. The van der Waals surface area contributed by atoms with Gasteiger partial charge >= 0.3 is 5.97 Å². The number of amides is 2. The molecule has 2 atom stereocenters. The van der Waals surface area contributed by atoms with E-state index in [9.17, 15) is 19.2 Å². The summed E-state index contributed by atoms with van der Waals surface area (Å²) in [4.78, 5) is 56.4. The van der Waals surface area contributed by atoms with Crippen LogP contribution in [0, 0.1) is 0 Å². The number of aromatic nitrogens is 1. The molecule has 48 heavy (non-hydrogen) atoms. The highest BCUT2D eigenvalue weighted by Gasteiger charge is 2.33. The second-order valence-electron chi connectivity index (χ2n) is 11.3. The predicted octanol–water partition coefficient (Wildman–Crippen LogP) is 4.77. The van der Waals surface area contributed by atoms with E-state index in [-0.39, 0.29) is 41.7 Å². The fraction of sp³-hybridized carbons (Fsp3) is 0.265. The molecule has 5 N–H and O–H groups in total. The summed E-state index contributed by atoms with van der Waals surface area (Å²) in [5.74, 6) is -0.914. The van der Waals surface area contributed by atoms with E-state index < -0.39 is 29.9 Å². The maximum atomic E-state index is 13.1. The summed E-state index contributed by atoms with van der Waals surface area (Å²) in [6, 6.07) is 20.9. The van der Waals surface area contributed by atoms with Gasteiger partial charge in [0.25, 0.3) is 0 Å². The Hall–Kier alpha value is -4.75. The molecular formula is C34H34Cl2N6O6. The largest absolute Gasteiger partial charge is 0.481 e. The quantitative estimate of drug-likeness (QED) is 0.135. The number of benzene rings is 3. The molecule has 250 valence electrons. The minimum Gasteiger partial charge on any atom is -0.481 e. The van der Waals surface area contributed by atoms with Gasteiger partial charge in [0.1, 0.15) is 18.0 Å². The van der Waals surface area contributed by atoms with E-state index in [2.05, 4.69) is 10.6 Å². The van der Waals surface area contributed by atoms with Gasteiger partial charge in [-0.3, -0.25) is 24.2 Å². The van der Waals surface area contributed by atoms with Crippen molar-refractivity contribution < 1.29 is 28.7 Å². The van der Waals surface area contributed by atoms with Crippen molar-refractivity contribution in [2.24, 2.45) is 5.73 Å². The molecule has 12 nitrogen and oxygen atoms in total. The van der Waals surface area contributed by atoms with Gasteiger partial charge in [-0.05, 0) is 18.6 Å². The van der Waals surface area contributed by atoms with Crippen LogP contribution in [0.2, 0.25) is 10.0 Å². The number of oxazole rings is 1. The molecule has 0 saturated carbocycles. The standard InChI is InChI=1S/C34H34Cl2N6O6/c35-25-15-24(38-23(20-43)11-12-30(45)46)16-26(36)32(25)39-28(44)18-42-14-13-41(17-27(42)34(37)47)19-29-40-31(21-7-3-1-4-8-21)33(48-29)22-9-5-2-6-10-22/h1-10,15-16,20,23,27,38H,11-14,17-19H2,(H2,37,47)(H,39,44)(H,45,46)/t23?,27-/m0/s1. The first kappa shape index (κ1) is 34.6. The number of piperazine rings is 1. The van der Waals surface area contributed by atoms with E-state index in [4.69, 9.17) is 43.4 Å². The smallest absolute Gasteiger partial charge is 0.303 e. The van der Waals surface area contributed by atoms with Crippen LogP contribution in [0.3, 0.4) is 0 Å². The third-order valence-electron chi connectivity index (χ3n) is 7.86. The Bertz CT molecular complexity index is 1690. The van der Waals surface area contributed by atoms with Crippen molar-refractivity contribution in [1.29, 1.82) is 0 Å². The first-order valence-electron chi connectivity index (χ1n) is 15.2. The molecule has 1 saturated heterocycles. The first-order valence-corrected chi connectivity index (χ1v) is 16.0. The van der Waals surface area contributed by atoms with Crippen LogP contribution in [-0.2, 0) is 25.7 Å². The zero-order valence-electron chi connectivity index (χ0n) is 25.8. The molecule has 5 rings (SSSR count). The van der Waals surface area contributed by atoms with E-state index in [1.54, 1.807) is 4.90 Å². The van der Waals surface area contributed by atoms with E-state index in [1.165, 1.54) is 12.1 Å². The summed E-state index contributed by atoms with van der Waals surface area (Å²) in [5, 5.41) is 14.7. The number of hydrogen-bond acceptors (Lipinski definition) is 9. The maximum Gasteiger partial charge on any atom is 0.303 e. The average molecular weight is 694 g/mol. The van der Waals surface area contributed by atoms with Crippen LogP contribution < -0.4 is 16.4 Å². The number of nitrogens with two attached hydrogens (primary N) is 1. The minimum absolute atomic E-state index is 0.0718. The van der Waals surface area contributed by atoms with Gasteiger partial charge in [0.2, 0.25) is 17.7 Å². The molecule has 0 spiro atoms. The van der Waals surface area contributed by atoms with Crippen LogP contribution in [0.1, 0.15) is 18.7 Å². The van der Waals surface area contributed by atoms with Crippen molar-refractivity contribution in [3.63, 3.8) is 0 Å². The summed E-state index contributed by atoms with van der Waals surface area (Å²) in [6.07, 6.45) is 0.476. The molecule has 1 aliphatic rings. The third-order valence-corrected chi connectivity index (χ3v) is 8.45. The molecule has 0 aliphatic carbocycles. The number of halogens is 2. The van der Waals surface area contributed by atoms with Crippen LogP contribution in [0.15, 0.2) is 77.2 Å². The fourth-order valence-corrected chi connectivity index (χ4v) is 6.07. The summed E-state index contributed by atoms with van der Waals surface area (Å²) in [6.45, 7) is 1.33. The number of carbonyl (C=O) groups excluding carboxylic acids is 3. The van der Waals surface area contributed by atoms with Crippen molar-refractivity contribution in [2.45, 2.75) is 31.5 Å². The lowest BCUT2D eigenvalue weighted by Gasteiger charge is -2.39. The zero-order valence-corrected chi connectivity index (χ0v) is 27.3. The molecular weight excluding hydrogens is 659 g/mol. The first-order chi connectivity index (χ1) is 23.1. The van der Waals surface area contributed by atoms with Crippen molar-refractivity contribution in [1.82, 2.24) is 14.8 Å². The van der Waals surface area contributed by atoms with Crippen LogP contribution in [-0.4, -0.2) is 82.2 Å². The molecule has 0 bridgehead atoms. The molecule has 14 heteroatoms. The molecule has 1 fully saturated rings. The van der Waals surface area contributed by atoms with Crippen LogP contribution in [0.5, 0.6) is 0 Å². The number of aldehydes is 1. The van der Waals surface area contributed by atoms with Gasteiger partial charge in [-0.15, -0.1) is 0 Å². The second kappa shape index (κ2) is 15.9. The van der Waals surface area contributed by atoms with Crippen LogP contribution in [0.4, 0.5) is 11.4 Å². The Morgan fingerprint density at radius 2 is 1.67 bits per heavy atom.